The Bertz CT molecular complexity index is 402. The van der Waals surface area contributed by atoms with Crippen molar-refractivity contribution in [2.24, 2.45) is 11.8 Å². The lowest BCUT2D eigenvalue weighted by Crippen LogP contribution is -2.49. The third kappa shape index (κ3) is 4.47. The first-order valence-electron chi connectivity index (χ1n) is 6.05. The van der Waals surface area contributed by atoms with Crippen LogP contribution in [0, 0.1) is 5.92 Å². The fraction of sp³-hybridized carbons (Fsp3) is 0.462. The molecule has 1 saturated heterocycles. The van der Waals surface area contributed by atoms with Crippen LogP contribution in [0.4, 0.5) is 0 Å². The predicted molar refractivity (Wildman–Crippen MR) is 73.4 cm³/mol. The second kappa shape index (κ2) is 7.45. The van der Waals surface area contributed by atoms with E-state index in [9.17, 15) is 9.90 Å². The Kier molecular flexibility index (Phi) is 6.24. The molecule has 6 heteroatoms. The summed E-state index contributed by atoms with van der Waals surface area (Å²) in [6.45, 7) is 1.16. The summed E-state index contributed by atoms with van der Waals surface area (Å²) in [5.41, 5.74) is 0.941. The lowest BCUT2D eigenvalue weighted by Gasteiger charge is -2.31. The van der Waals surface area contributed by atoms with Crippen molar-refractivity contribution < 1.29 is 14.6 Å². The topological polar surface area (TPSA) is 75.8 Å². The fourth-order valence-electron chi connectivity index (χ4n) is 2.07. The van der Waals surface area contributed by atoms with Gasteiger partial charge in [0.1, 0.15) is 6.61 Å². The van der Waals surface area contributed by atoms with Crippen LogP contribution in [0.1, 0.15) is 12.0 Å². The van der Waals surface area contributed by atoms with Gasteiger partial charge in [-0.3, -0.25) is 10.6 Å². The molecule has 2 unspecified atom stereocenters. The SMILES string of the molecule is Cl.NN1CCC(C(=O)OCc2ccccc2)C(O)C1. The monoisotopic (exact) mass is 286 g/mol. The number of piperidine rings is 1. The van der Waals surface area contributed by atoms with Gasteiger partial charge in [0.25, 0.3) is 0 Å². The second-order valence-electron chi connectivity index (χ2n) is 4.55. The molecule has 1 aromatic carbocycles. The summed E-state index contributed by atoms with van der Waals surface area (Å²) in [4.78, 5) is 11.8. The first-order valence-corrected chi connectivity index (χ1v) is 6.05. The molecule has 2 rings (SSSR count). The van der Waals surface area contributed by atoms with E-state index in [-0.39, 0.29) is 25.0 Å². The summed E-state index contributed by atoms with van der Waals surface area (Å²) >= 11 is 0. The van der Waals surface area contributed by atoms with Gasteiger partial charge in [-0.1, -0.05) is 30.3 Å². The van der Waals surface area contributed by atoms with E-state index in [0.29, 0.717) is 19.5 Å². The number of β-amino-alcohol motifs (C(OH)–C–C–N with tert-alkyl or cyclic N) is 1. The van der Waals surface area contributed by atoms with Crippen LogP contribution in [0.3, 0.4) is 0 Å². The van der Waals surface area contributed by atoms with Crippen LogP contribution in [0.2, 0.25) is 0 Å². The van der Waals surface area contributed by atoms with Crippen molar-refractivity contribution >= 4 is 18.4 Å². The van der Waals surface area contributed by atoms with Gasteiger partial charge in [0.15, 0.2) is 0 Å². The van der Waals surface area contributed by atoms with Crippen molar-refractivity contribution in [3.63, 3.8) is 0 Å². The van der Waals surface area contributed by atoms with Gasteiger partial charge in [-0.25, -0.2) is 5.01 Å². The molecule has 0 radical (unpaired) electrons. The van der Waals surface area contributed by atoms with Crippen LogP contribution in [-0.4, -0.2) is 35.3 Å². The van der Waals surface area contributed by atoms with Crippen molar-refractivity contribution in [2.75, 3.05) is 13.1 Å². The van der Waals surface area contributed by atoms with Gasteiger partial charge in [-0.2, -0.15) is 0 Å². The molecule has 1 aromatic rings. The first kappa shape index (κ1) is 15.9. The van der Waals surface area contributed by atoms with E-state index in [1.54, 1.807) is 0 Å². The Labute approximate surface area is 118 Å². The normalized spacial score (nSPS) is 23.5. The zero-order valence-electron chi connectivity index (χ0n) is 10.6. The molecule has 0 aliphatic carbocycles. The highest BCUT2D eigenvalue weighted by atomic mass is 35.5. The molecular formula is C13H19ClN2O3. The van der Waals surface area contributed by atoms with E-state index in [1.807, 2.05) is 30.3 Å². The highest BCUT2D eigenvalue weighted by Gasteiger charge is 2.33. The molecule has 2 atom stereocenters. The number of carbonyl (C=O) groups is 1. The molecule has 0 saturated carbocycles. The Morgan fingerprint density at radius 1 is 1.42 bits per heavy atom. The largest absolute Gasteiger partial charge is 0.461 e. The Balaban J connectivity index is 0.00000180. The quantitative estimate of drug-likeness (QED) is 0.632. The number of ether oxygens (including phenoxy) is 1. The number of hydrogen-bond donors (Lipinski definition) is 2. The Morgan fingerprint density at radius 3 is 2.74 bits per heavy atom. The average Bonchev–Trinajstić information content (AvgIpc) is 2.37. The minimum atomic E-state index is -0.743. The maximum Gasteiger partial charge on any atom is 0.312 e. The summed E-state index contributed by atoms with van der Waals surface area (Å²) < 4.78 is 5.21. The van der Waals surface area contributed by atoms with Crippen LogP contribution < -0.4 is 5.84 Å². The predicted octanol–water partition coefficient (Wildman–Crippen LogP) is 0.708. The molecule has 19 heavy (non-hydrogen) atoms. The number of rotatable bonds is 3. The van der Waals surface area contributed by atoms with Crippen LogP contribution >= 0.6 is 12.4 Å². The molecule has 0 amide bonds. The molecule has 1 aliphatic heterocycles. The first-order chi connectivity index (χ1) is 8.66. The summed E-state index contributed by atoms with van der Waals surface area (Å²) in [6, 6.07) is 9.49. The Hall–Kier alpha value is -1.14. The molecule has 1 fully saturated rings. The van der Waals surface area contributed by atoms with Crippen LogP contribution in [0.25, 0.3) is 0 Å². The number of carbonyl (C=O) groups excluding carboxylic acids is 1. The third-order valence-corrected chi connectivity index (χ3v) is 3.14. The zero-order chi connectivity index (χ0) is 13.0. The number of hydrazine groups is 1. The lowest BCUT2D eigenvalue weighted by atomic mass is 9.95. The molecule has 3 N–H and O–H groups in total. The summed E-state index contributed by atoms with van der Waals surface area (Å²) in [7, 11) is 0. The molecule has 0 bridgehead atoms. The van der Waals surface area contributed by atoms with E-state index in [4.69, 9.17) is 10.6 Å². The summed E-state index contributed by atoms with van der Waals surface area (Å²) in [5.74, 6) is 4.76. The number of aliphatic hydroxyl groups excluding tert-OH is 1. The van der Waals surface area contributed by atoms with Crippen molar-refractivity contribution in [1.82, 2.24) is 5.01 Å². The fourth-order valence-corrected chi connectivity index (χ4v) is 2.07. The van der Waals surface area contributed by atoms with Crippen molar-refractivity contribution in [3.05, 3.63) is 35.9 Å². The van der Waals surface area contributed by atoms with Gasteiger partial charge in [-0.15, -0.1) is 12.4 Å². The molecule has 1 aliphatic rings. The Morgan fingerprint density at radius 2 is 2.11 bits per heavy atom. The summed E-state index contributed by atoms with van der Waals surface area (Å²) in [6.07, 6.45) is -0.210. The van der Waals surface area contributed by atoms with E-state index in [0.717, 1.165) is 5.56 Å². The molecule has 106 valence electrons. The summed E-state index contributed by atoms with van der Waals surface area (Å²) in [5, 5.41) is 11.3. The number of nitrogens with zero attached hydrogens (tertiary/aromatic N) is 1. The van der Waals surface area contributed by atoms with E-state index in [2.05, 4.69) is 0 Å². The van der Waals surface area contributed by atoms with Gasteiger partial charge >= 0.3 is 5.97 Å². The number of esters is 1. The third-order valence-electron chi connectivity index (χ3n) is 3.14. The molecular weight excluding hydrogens is 268 g/mol. The number of benzene rings is 1. The number of nitrogens with two attached hydrogens (primary N) is 1. The highest BCUT2D eigenvalue weighted by molar-refractivity contribution is 5.85. The minimum absolute atomic E-state index is 0. The van der Waals surface area contributed by atoms with Crippen LogP contribution in [-0.2, 0) is 16.1 Å². The maximum absolute atomic E-state index is 11.8. The smallest absolute Gasteiger partial charge is 0.312 e. The van der Waals surface area contributed by atoms with E-state index in [1.165, 1.54) is 5.01 Å². The van der Waals surface area contributed by atoms with E-state index >= 15 is 0 Å². The van der Waals surface area contributed by atoms with Gasteiger partial charge in [0.2, 0.25) is 0 Å². The van der Waals surface area contributed by atoms with E-state index < -0.39 is 12.0 Å². The van der Waals surface area contributed by atoms with Gasteiger partial charge in [0.05, 0.1) is 12.0 Å². The van der Waals surface area contributed by atoms with Crippen molar-refractivity contribution in [3.8, 4) is 0 Å². The van der Waals surface area contributed by atoms with Crippen molar-refractivity contribution in [2.45, 2.75) is 19.1 Å². The van der Waals surface area contributed by atoms with Crippen LogP contribution in [0.15, 0.2) is 30.3 Å². The van der Waals surface area contributed by atoms with Gasteiger partial charge in [0, 0.05) is 13.1 Å². The number of halogens is 1. The maximum atomic E-state index is 11.8. The van der Waals surface area contributed by atoms with Gasteiger partial charge in [-0.05, 0) is 12.0 Å². The second-order valence-corrected chi connectivity index (χ2v) is 4.55. The number of aliphatic hydroxyl groups is 1. The lowest BCUT2D eigenvalue weighted by molar-refractivity contribution is -0.157. The van der Waals surface area contributed by atoms with Crippen molar-refractivity contribution in [1.29, 1.82) is 0 Å². The molecule has 0 spiro atoms. The van der Waals surface area contributed by atoms with Gasteiger partial charge < -0.3 is 9.84 Å². The number of hydrogen-bond acceptors (Lipinski definition) is 5. The molecule has 0 aromatic heterocycles. The molecule has 5 nitrogen and oxygen atoms in total. The standard InChI is InChI=1S/C13H18N2O3.ClH/c14-15-7-6-11(12(16)8-15)13(17)18-9-10-4-2-1-3-5-10;/h1-5,11-12,16H,6-9,14H2;1H. The zero-order valence-corrected chi connectivity index (χ0v) is 11.4. The molecule has 1 heterocycles. The van der Waals surface area contributed by atoms with Crippen LogP contribution in [0.5, 0.6) is 0 Å². The average molecular weight is 287 g/mol. The highest BCUT2D eigenvalue weighted by Crippen LogP contribution is 2.18. The minimum Gasteiger partial charge on any atom is -0.461 e.